The summed E-state index contributed by atoms with van der Waals surface area (Å²) in [6.45, 7) is 6.46. The number of carbonyl (C=O) groups excluding carboxylic acids is 1. The minimum absolute atomic E-state index is 0.0991. The first-order valence-corrected chi connectivity index (χ1v) is 7.17. The van der Waals surface area contributed by atoms with Gasteiger partial charge in [0.25, 0.3) is 0 Å². The molecule has 0 saturated heterocycles. The number of aryl methyl sites for hydroxylation is 1. The third-order valence-corrected chi connectivity index (χ3v) is 3.52. The second kappa shape index (κ2) is 7.90. The van der Waals surface area contributed by atoms with Crippen LogP contribution in [0.3, 0.4) is 0 Å². The molecule has 0 bridgehead atoms. The van der Waals surface area contributed by atoms with Gasteiger partial charge in [-0.05, 0) is 37.5 Å². The fourth-order valence-corrected chi connectivity index (χ4v) is 1.82. The lowest BCUT2D eigenvalue weighted by Crippen LogP contribution is -2.42. The fourth-order valence-electron chi connectivity index (χ4n) is 1.82. The molecule has 0 heterocycles. The average Bonchev–Trinajstić information content (AvgIpc) is 2.45. The van der Waals surface area contributed by atoms with Crippen molar-refractivity contribution in [2.45, 2.75) is 45.6 Å². The SMILES string of the molecule is CCC(O)(CC)CNC(=O)CCOc1cccc(C)c1. The third kappa shape index (κ3) is 5.61. The van der Waals surface area contributed by atoms with Crippen LogP contribution in [0.4, 0.5) is 0 Å². The Morgan fingerprint density at radius 2 is 2.05 bits per heavy atom. The molecule has 0 aliphatic rings. The Labute approximate surface area is 121 Å². The summed E-state index contributed by atoms with van der Waals surface area (Å²) in [7, 11) is 0. The van der Waals surface area contributed by atoms with Crippen molar-refractivity contribution in [3.63, 3.8) is 0 Å². The molecule has 1 rings (SSSR count). The van der Waals surface area contributed by atoms with Crippen molar-refractivity contribution in [2.24, 2.45) is 0 Å². The molecule has 1 amide bonds. The van der Waals surface area contributed by atoms with Crippen molar-refractivity contribution in [2.75, 3.05) is 13.2 Å². The fraction of sp³-hybridized carbons (Fsp3) is 0.562. The minimum atomic E-state index is -0.799. The molecule has 0 saturated carbocycles. The summed E-state index contributed by atoms with van der Waals surface area (Å²) in [6, 6.07) is 7.73. The van der Waals surface area contributed by atoms with Gasteiger partial charge in [0.15, 0.2) is 0 Å². The summed E-state index contributed by atoms with van der Waals surface area (Å²) < 4.78 is 5.52. The molecule has 0 radical (unpaired) electrons. The summed E-state index contributed by atoms with van der Waals surface area (Å²) in [5.41, 5.74) is 0.329. The Balaban J connectivity index is 2.27. The van der Waals surface area contributed by atoms with E-state index in [1.54, 1.807) is 0 Å². The van der Waals surface area contributed by atoms with E-state index in [-0.39, 0.29) is 12.3 Å². The highest BCUT2D eigenvalue weighted by molar-refractivity contribution is 5.76. The Morgan fingerprint density at radius 3 is 2.65 bits per heavy atom. The molecule has 0 unspecified atom stereocenters. The number of rotatable bonds is 8. The first-order chi connectivity index (χ1) is 9.49. The summed E-state index contributed by atoms with van der Waals surface area (Å²) >= 11 is 0. The van der Waals surface area contributed by atoms with Gasteiger partial charge < -0.3 is 15.2 Å². The predicted octanol–water partition coefficient (Wildman–Crippen LogP) is 2.43. The maximum Gasteiger partial charge on any atom is 0.223 e. The van der Waals surface area contributed by atoms with E-state index in [9.17, 15) is 9.90 Å². The van der Waals surface area contributed by atoms with E-state index in [1.165, 1.54) is 0 Å². The molecular weight excluding hydrogens is 254 g/mol. The average molecular weight is 279 g/mol. The zero-order chi connectivity index (χ0) is 15.0. The van der Waals surface area contributed by atoms with E-state index in [4.69, 9.17) is 4.74 Å². The topological polar surface area (TPSA) is 58.6 Å². The normalized spacial score (nSPS) is 11.2. The number of ether oxygens (including phenoxy) is 1. The lowest BCUT2D eigenvalue weighted by atomic mass is 9.97. The molecule has 2 N–H and O–H groups in total. The van der Waals surface area contributed by atoms with E-state index < -0.39 is 5.60 Å². The van der Waals surface area contributed by atoms with Crippen molar-refractivity contribution >= 4 is 5.91 Å². The van der Waals surface area contributed by atoms with Crippen LogP contribution in [0.15, 0.2) is 24.3 Å². The number of nitrogens with one attached hydrogen (secondary N) is 1. The van der Waals surface area contributed by atoms with Crippen LogP contribution < -0.4 is 10.1 Å². The Kier molecular flexibility index (Phi) is 6.52. The van der Waals surface area contributed by atoms with Crippen LogP contribution >= 0.6 is 0 Å². The van der Waals surface area contributed by atoms with Gasteiger partial charge in [-0.1, -0.05) is 26.0 Å². The Hall–Kier alpha value is -1.55. The summed E-state index contributed by atoms with van der Waals surface area (Å²) in [5, 5.41) is 12.8. The second-order valence-electron chi connectivity index (χ2n) is 5.12. The Morgan fingerprint density at radius 1 is 1.35 bits per heavy atom. The van der Waals surface area contributed by atoms with E-state index in [0.717, 1.165) is 11.3 Å². The minimum Gasteiger partial charge on any atom is -0.493 e. The van der Waals surface area contributed by atoms with E-state index in [2.05, 4.69) is 5.32 Å². The number of amides is 1. The van der Waals surface area contributed by atoms with Gasteiger partial charge in [-0.2, -0.15) is 0 Å². The van der Waals surface area contributed by atoms with Crippen LogP contribution in [0.2, 0.25) is 0 Å². The molecule has 0 spiro atoms. The number of hydrogen-bond donors (Lipinski definition) is 2. The van der Waals surface area contributed by atoms with Crippen LogP contribution in [-0.2, 0) is 4.79 Å². The Bertz CT molecular complexity index is 427. The summed E-state index contributed by atoms with van der Waals surface area (Å²) in [5.74, 6) is 0.675. The maximum atomic E-state index is 11.7. The molecule has 0 fully saturated rings. The van der Waals surface area contributed by atoms with Crippen LogP contribution in [0.1, 0.15) is 38.7 Å². The quantitative estimate of drug-likeness (QED) is 0.768. The van der Waals surface area contributed by atoms with Gasteiger partial charge in [0.05, 0.1) is 18.6 Å². The van der Waals surface area contributed by atoms with Crippen molar-refractivity contribution in [3.05, 3.63) is 29.8 Å². The standard InChI is InChI=1S/C16H25NO3/c1-4-16(19,5-2)12-17-15(18)9-10-20-14-8-6-7-13(3)11-14/h6-8,11,19H,4-5,9-10,12H2,1-3H3,(H,17,18). The van der Waals surface area contributed by atoms with Crippen LogP contribution in [-0.4, -0.2) is 29.8 Å². The highest BCUT2D eigenvalue weighted by atomic mass is 16.5. The van der Waals surface area contributed by atoms with Gasteiger partial charge in [0.1, 0.15) is 5.75 Å². The molecule has 0 aliphatic carbocycles. The smallest absolute Gasteiger partial charge is 0.223 e. The number of aliphatic hydroxyl groups is 1. The van der Waals surface area contributed by atoms with Gasteiger partial charge in [0, 0.05) is 6.54 Å². The first kappa shape index (κ1) is 16.5. The van der Waals surface area contributed by atoms with E-state index >= 15 is 0 Å². The van der Waals surface area contributed by atoms with Crippen molar-refractivity contribution in [1.82, 2.24) is 5.32 Å². The van der Waals surface area contributed by atoms with Gasteiger partial charge in [-0.15, -0.1) is 0 Å². The molecule has 112 valence electrons. The predicted molar refractivity (Wildman–Crippen MR) is 79.8 cm³/mol. The molecule has 0 aromatic heterocycles. The molecule has 0 aliphatic heterocycles. The molecule has 1 aromatic rings. The number of benzene rings is 1. The molecule has 20 heavy (non-hydrogen) atoms. The van der Waals surface area contributed by atoms with Crippen molar-refractivity contribution < 1.29 is 14.6 Å². The molecular formula is C16H25NO3. The van der Waals surface area contributed by atoms with Gasteiger partial charge in [-0.3, -0.25) is 4.79 Å². The summed E-state index contributed by atoms with van der Waals surface area (Å²) in [6.07, 6.45) is 1.55. The highest BCUT2D eigenvalue weighted by Crippen LogP contribution is 2.13. The largest absolute Gasteiger partial charge is 0.493 e. The highest BCUT2D eigenvalue weighted by Gasteiger charge is 2.22. The van der Waals surface area contributed by atoms with Gasteiger partial charge in [0.2, 0.25) is 5.91 Å². The van der Waals surface area contributed by atoms with Crippen LogP contribution in [0.5, 0.6) is 5.75 Å². The van der Waals surface area contributed by atoms with Gasteiger partial charge in [-0.25, -0.2) is 0 Å². The third-order valence-electron chi connectivity index (χ3n) is 3.52. The number of hydrogen-bond acceptors (Lipinski definition) is 3. The van der Waals surface area contributed by atoms with Crippen LogP contribution in [0, 0.1) is 6.92 Å². The van der Waals surface area contributed by atoms with Crippen molar-refractivity contribution in [3.8, 4) is 5.75 Å². The zero-order valence-electron chi connectivity index (χ0n) is 12.6. The van der Waals surface area contributed by atoms with E-state index in [1.807, 2.05) is 45.0 Å². The van der Waals surface area contributed by atoms with E-state index in [0.29, 0.717) is 26.0 Å². The van der Waals surface area contributed by atoms with Gasteiger partial charge >= 0.3 is 0 Å². The molecule has 4 nitrogen and oxygen atoms in total. The molecule has 0 atom stereocenters. The lowest BCUT2D eigenvalue weighted by molar-refractivity contribution is -0.122. The second-order valence-corrected chi connectivity index (χ2v) is 5.12. The molecule has 1 aromatic carbocycles. The van der Waals surface area contributed by atoms with Crippen molar-refractivity contribution in [1.29, 1.82) is 0 Å². The first-order valence-electron chi connectivity index (χ1n) is 7.17. The maximum absolute atomic E-state index is 11.7. The number of carbonyl (C=O) groups is 1. The van der Waals surface area contributed by atoms with Crippen LogP contribution in [0.25, 0.3) is 0 Å². The zero-order valence-corrected chi connectivity index (χ0v) is 12.6. The summed E-state index contributed by atoms with van der Waals surface area (Å²) in [4.78, 5) is 11.7. The monoisotopic (exact) mass is 279 g/mol. The molecule has 4 heteroatoms. The lowest BCUT2D eigenvalue weighted by Gasteiger charge is -2.25.